The molecule has 0 bridgehead atoms. The Morgan fingerprint density at radius 2 is 1.88 bits per heavy atom. The molecule has 0 radical (unpaired) electrons. The van der Waals surface area contributed by atoms with Gasteiger partial charge in [-0.05, 0) is 54.4 Å². The molecule has 0 aromatic rings. The molecule has 0 aliphatic heterocycles. The van der Waals surface area contributed by atoms with Crippen LogP contribution in [0.1, 0.15) is 65.7 Å². The van der Waals surface area contributed by atoms with E-state index in [4.69, 9.17) is 0 Å². The van der Waals surface area contributed by atoms with Gasteiger partial charge in [0.15, 0.2) is 5.78 Å². The molecule has 3 N–H and O–H groups in total. The third-order valence-corrected chi connectivity index (χ3v) is 7.61. The number of rotatable bonds is 3. The molecule has 1 fully saturated rings. The molecule has 1 saturated carbocycles. The highest BCUT2D eigenvalue weighted by atomic mass is 16.3. The number of carbonyl (C=O) groups excluding carboxylic acids is 1. The summed E-state index contributed by atoms with van der Waals surface area (Å²) in [6.07, 6.45) is 4.89. The van der Waals surface area contributed by atoms with Crippen molar-refractivity contribution < 1.29 is 20.1 Å². The second kappa shape index (κ2) is 5.93. The van der Waals surface area contributed by atoms with Gasteiger partial charge in [0.1, 0.15) is 0 Å². The summed E-state index contributed by atoms with van der Waals surface area (Å²) in [5.74, 6) is 0.583. The molecule has 0 spiro atoms. The van der Waals surface area contributed by atoms with Crippen molar-refractivity contribution in [2.45, 2.75) is 71.8 Å². The zero-order valence-corrected chi connectivity index (χ0v) is 15.3. The van der Waals surface area contributed by atoms with Crippen LogP contribution in [0.2, 0.25) is 0 Å². The fraction of sp³-hybridized carbons (Fsp3) is 0.850. The largest absolute Gasteiger partial charge is 0.396 e. The van der Waals surface area contributed by atoms with Crippen molar-refractivity contribution in [1.29, 1.82) is 0 Å². The van der Waals surface area contributed by atoms with Crippen LogP contribution in [0.5, 0.6) is 0 Å². The lowest BCUT2D eigenvalue weighted by Crippen LogP contribution is -2.51. The van der Waals surface area contributed by atoms with Gasteiger partial charge in [-0.25, -0.2) is 0 Å². The summed E-state index contributed by atoms with van der Waals surface area (Å²) in [6.45, 7) is 6.36. The topological polar surface area (TPSA) is 77.8 Å². The van der Waals surface area contributed by atoms with Crippen LogP contribution in [0, 0.1) is 22.2 Å². The van der Waals surface area contributed by atoms with Crippen molar-refractivity contribution in [3.8, 4) is 0 Å². The molecular formula is C20H32O4. The second-order valence-electron chi connectivity index (χ2n) is 9.29. The maximum absolute atomic E-state index is 12.9. The van der Waals surface area contributed by atoms with Gasteiger partial charge in [-0.3, -0.25) is 4.79 Å². The molecule has 0 amide bonds. The second-order valence-corrected chi connectivity index (χ2v) is 9.29. The van der Waals surface area contributed by atoms with Gasteiger partial charge >= 0.3 is 0 Å². The van der Waals surface area contributed by atoms with Gasteiger partial charge in [-0.1, -0.05) is 32.8 Å². The van der Waals surface area contributed by atoms with Crippen LogP contribution in [0.3, 0.4) is 0 Å². The predicted octanol–water partition coefficient (Wildman–Crippen LogP) is 2.60. The summed E-state index contributed by atoms with van der Waals surface area (Å²) in [4.78, 5) is 12.9. The van der Waals surface area contributed by atoms with E-state index in [-0.39, 0.29) is 29.8 Å². The number of carbonyl (C=O) groups is 1. The molecule has 0 aromatic heterocycles. The van der Waals surface area contributed by atoms with Crippen molar-refractivity contribution in [3.63, 3.8) is 0 Å². The minimum absolute atomic E-state index is 0.0662. The molecule has 3 aliphatic carbocycles. The van der Waals surface area contributed by atoms with E-state index in [1.165, 1.54) is 18.4 Å². The molecule has 136 valence electrons. The average Bonchev–Trinajstić information content (AvgIpc) is 2.55. The molecule has 4 nitrogen and oxygen atoms in total. The predicted molar refractivity (Wildman–Crippen MR) is 92.3 cm³/mol. The van der Waals surface area contributed by atoms with E-state index in [0.29, 0.717) is 25.2 Å². The first kappa shape index (κ1) is 18.1. The van der Waals surface area contributed by atoms with Crippen LogP contribution >= 0.6 is 0 Å². The number of allylic oxidation sites excluding steroid dienone is 2. The van der Waals surface area contributed by atoms with E-state index in [1.807, 2.05) is 0 Å². The smallest absolute Gasteiger partial charge is 0.159 e. The quantitative estimate of drug-likeness (QED) is 0.740. The first-order valence-electron chi connectivity index (χ1n) is 9.36. The molecule has 0 heterocycles. The number of aliphatic hydroxyl groups is 3. The Morgan fingerprint density at radius 1 is 1.17 bits per heavy atom. The highest BCUT2D eigenvalue weighted by Gasteiger charge is 2.55. The molecule has 3 rings (SSSR count). The van der Waals surface area contributed by atoms with Crippen LogP contribution in [0.4, 0.5) is 0 Å². The molecular weight excluding hydrogens is 304 g/mol. The summed E-state index contributed by atoms with van der Waals surface area (Å²) >= 11 is 0. The lowest BCUT2D eigenvalue weighted by atomic mass is 9.47. The van der Waals surface area contributed by atoms with Gasteiger partial charge in [0.2, 0.25) is 0 Å². The van der Waals surface area contributed by atoms with Gasteiger partial charge in [0.05, 0.1) is 19.3 Å². The normalized spacial score (nSPS) is 40.1. The number of Topliss-reactive ketones (excluding diaryl/α,β-unsaturated/α-hetero) is 1. The fourth-order valence-electron chi connectivity index (χ4n) is 5.98. The number of hydrogen-bond donors (Lipinski definition) is 3. The first-order valence-corrected chi connectivity index (χ1v) is 9.36. The maximum Gasteiger partial charge on any atom is 0.159 e. The van der Waals surface area contributed by atoms with Gasteiger partial charge < -0.3 is 15.3 Å². The number of ketones is 1. The molecule has 0 aromatic carbocycles. The molecule has 0 saturated heterocycles. The fourth-order valence-corrected chi connectivity index (χ4v) is 5.98. The number of aliphatic hydroxyl groups excluding tert-OH is 3. The van der Waals surface area contributed by atoms with E-state index >= 15 is 0 Å². The summed E-state index contributed by atoms with van der Waals surface area (Å²) in [6, 6.07) is 0. The molecule has 0 unspecified atom stereocenters. The molecule has 3 aliphatic rings. The van der Waals surface area contributed by atoms with Gasteiger partial charge in [0.25, 0.3) is 0 Å². The Bertz CT molecular complexity index is 564. The Labute approximate surface area is 145 Å². The maximum atomic E-state index is 12.9. The highest BCUT2D eigenvalue weighted by molar-refractivity contribution is 5.98. The number of hydrogen-bond acceptors (Lipinski definition) is 4. The minimum atomic E-state index is -0.974. The van der Waals surface area contributed by atoms with Gasteiger partial charge in [-0.15, -0.1) is 0 Å². The van der Waals surface area contributed by atoms with Crippen LogP contribution in [-0.4, -0.2) is 40.4 Å². The van der Waals surface area contributed by atoms with Gasteiger partial charge in [-0.2, -0.15) is 0 Å². The average molecular weight is 336 g/mol. The van der Waals surface area contributed by atoms with E-state index < -0.39 is 11.5 Å². The van der Waals surface area contributed by atoms with Crippen molar-refractivity contribution in [2.24, 2.45) is 22.2 Å². The van der Waals surface area contributed by atoms with E-state index in [2.05, 4.69) is 20.8 Å². The Kier molecular flexibility index (Phi) is 4.47. The highest BCUT2D eigenvalue weighted by Crippen LogP contribution is 2.62. The summed E-state index contributed by atoms with van der Waals surface area (Å²) in [5, 5.41) is 29.5. The first-order chi connectivity index (χ1) is 11.2. The summed E-state index contributed by atoms with van der Waals surface area (Å²) < 4.78 is 0. The minimum Gasteiger partial charge on any atom is -0.396 e. The Balaban J connectivity index is 2.03. The van der Waals surface area contributed by atoms with E-state index in [9.17, 15) is 20.1 Å². The zero-order chi connectivity index (χ0) is 17.8. The third kappa shape index (κ3) is 2.49. The lowest BCUT2D eigenvalue weighted by molar-refractivity contribution is -0.124. The van der Waals surface area contributed by atoms with Crippen molar-refractivity contribution >= 4 is 5.78 Å². The standard InChI is InChI=1S/C20H32O4/c1-18(2)6-4-7-19(3)14-5-8-20(12-22,17(24)11-21)10-13(14)15(23)9-16(18)19/h16-17,21-22,24H,4-12H2,1-3H3/t16-,17+,19+,20+/m0/s1. The van der Waals surface area contributed by atoms with E-state index in [1.54, 1.807) is 0 Å². The summed E-state index contributed by atoms with van der Waals surface area (Å²) in [5.41, 5.74) is 1.61. The van der Waals surface area contributed by atoms with E-state index in [0.717, 1.165) is 18.4 Å². The van der Waals surface area contributed by atoms with Crippen LogP contribution in [0.25, 0.3) is 0 Å². The van der Waals surface area contributed by atoms with Crippen molar-refractivity contribution in [2.75, 3.05) is 13.2 Å². The van der Waals surface area contributed by atoms with Crippen LogP contribution in [0.15, 0.2) is 11.1 Å². The Morgan fingerprint density at radius 3 is 2.50 bits per heavy atom. The zero-order valence-electron chi connectivity index (χ0n) is 15.3. The molecule has 24 heavy (non-hydrogen) atoms. The SMILES string of the molecule is CC1(C)CCC[C@]2(C)C3=C(C[C@](CO)([C@H](O)CO)CC3)C(=O)C[C@@H]12. The van der Waals surface area contributed by atoms with Crippen LogP contribution in [-0.2, 0) is 4.79 Å². The number of fused-ring (bicyclic) bond motifs is 2. The molecule has 4 atom stereocenters. The summed E-state index contributed by atoms with van der Waals surface area (Å²) in [7, 11) is 0. The Hall–Kier alpha value is -0.710. The molecule has 4 heteroatoms. The third-order valence-electron chi connectivity index (χ3n) is 7.61. The lowest BCUT2D eigenvalue weighted by Gasteiger charge is -2.57. The van der Waals surface area contributed by atoms with Crippen LogP contribution < -0.4 is 0 Å². The van der Waals surface area contributed by atoms with Crippen molar-refractivity contribution in [3.05, 3.63) is 11.1 Å². The van der Waals surface area contributed by atoms with Gasteiger partial charge in [0, 0.05) is 11.8 Å². The monoisotopic (exact) mass is 336 g/mol. The van der Waals surface area contributed by atoms with Crippen molar-refractivity contribution in [1.82, 2.24) is 0 Å².